The second-order valence-corrected chi connectivity index (χ2v) is 5.71. The Hall–Kier alpha value is -2.61. The molecule has 0 bridgehead atoms. The van der Waals surface area contributed by atoms with Gasteiger partial charge >= 0.3 is 6.18 Å². The summed E-state index contributed by atoms with van der Waals surface area (Å²) in [6.07, 6.45) is -4.39. The van der Waals surface area contributed by atoms with Gasteiger partial charge in [0.25, 0.3) is 0 Å². The fraction of sp³-hybridized carbons (Fsp3) is 0.222. The highest BCUT2D eigenvalue weighted by Gasteiger charge is 2.30. The summed E-state index contributed by atoms with van der Waals surface area (Å²) >= 11 is 5.13. The minimum absolute atomic E-state index is 0.223. The lowest BCUT2D eigenvalue weighted by Gasteiger charge is -2.10. The SMILES string of the molecule is CCOc1ccc(NC(=S)N/N=C(\C)c2cccc(C(F)(F)F)c2)cc1. The Balaban J connectivity index is 1.98. The third kappa shape index (κ3) is 5.73. The Labute approximate surface area is 155 Å². The van der Waals surface area contributed by atoms with Crippen molar-refractivity contribution in [2.45, 2.75) is 20.0 Å². The van der Waals surface area contributed by atoms with Gasteiger partial charge in [0.15, 0.2) is 5.11 Å². The van der Waals surface area contributed by atoms with E-state index in [4.69, 9.17) is 17.0 Å². The van der Waals surface area contributed by atoms with E-state index >= 15 is 0 Å². The normalized spacial score (nSPS) is 11.8. The summed E-state index contributed by atoms with van der Waals surface area (Å²) in [5.74, 6) is 0.746. The maximum atomic E-state index is 12.8. The highest BCUT2D eigenvalue weighted by Crippen LogP contribution is 2.29. The van der Waals surface area contributed by atoms with Crippen molar-refractivity contribution in [3.05, 3.63) is 59.7 Å². The molecule has 2 rings (SSSR count). The smallest absolute Gasteiger partial charge is 0.416 e. The molecule has 0 fully saturated rings. The van der Waals surface area contributed by atoms with E-state index in [0.717, 1.165) is 23.6 Å². The minimum Gasteiger partial charge on any atom is -0.494 e. The molecule has 2 aromatic rings. The van der Waals surface area contributed by atoms with Gasteiger partial charge < -0.3 is 10.1 Å². The number of hydrazone groups is 1. The van der Waals surface area contributed by atoms with Crippen molar-refractivity contribution in [1.82, 2.24) is 5.43 Å². The maximum absolute atomic E-state index is 12.8. The van der Waals surface area contributed by atoms with Crippen LogP contribution >= 0.6 is 12.2 Å². The fourth-order valence-electron chi connectivity index (χ4n) is 2.08. The van der Waals surface area contributed by atoms with Gasteiger partial charge in [-0.15, -0.1) is 0 Å². The van der Waals surface area contributed by atoms with Crippen molar-refractivity contribution in [1.29, 1.82) is 0 Å². The van der Waals surface area contributed by atoms with E-state index in [1.165, 1.54) is 6.07 Å². The number of halogens is 3. The van der Waals surface area contributed by atoms with Crippen LogP contribution in [-0.2, 0) is 6.18 Å². The van der Waals surface area contributed by atoms with Crippen LogP contribution in [0.25, 0.3) is 0 Å². The monoisotopic (exact) mass is 381 g/mol. The van der Waals surface area contributed by atoms with Gasteiger partial charge in [0.1, 0.15) is 5.75 Å². The molecule has 0 aliphatic carbocycles. The molecule has 0 spiro atoms. The number of hydrogen-bond acceptors (Lipinski definition) is 3. The summed E-state index contributed by atoms with van der Waals surface area (Å²) in [6, 6.07) is 12.1. The summed E-state index contributed by atoms with van der Waals surface area (Å²) in [5, 5.41) is 7.19. The Morgan fingerprint density at radius 2 is 1.85 bits per heavy atom. The van der Waals surface area contributed by atoms with Crippen molar-refractivity contribution in [3.8, 4) is 5.75 Å². The molecule has 26 heavy (non-hydrogen) atoms. The van der Waals surface area contributed by atoms with E-state index < -0.39 is 11.7 Å². The van der Waals surface area contributed by atoms with E-state index in [9.17, 15) is 13.2 Å². The van der Waals surface area contributed by atoms with Crippen LogP contribution in [0.2, 0.25) is 0 Å². The number of alkyl halides is 3. The van der Waals surface area contributed by atoms with Gasteiger partial charge in [0, 0.05) is 5.69 Å². The first kappa shape index (κ1) is 19.7. The zero-order valence-corrected chi connectivity index (χ0v) is 15.0. The molecule has 2 aromatic carbocycles. The third-order valence-corrected chi connectivity index (χ3v) is 3.55. The zero-order valence-electron chi connectivity index (χ0n) is 14.2. The van der Waals surface area contributed by atoms with Crippen LogP contribution < -0.4 is 15.5 Å². The van der Waals surface area contributed by atoms with Crippen LogP contribution in [-0.4, -0.2) is 17.4 Å². The van der Waals surface area contributed by atoms with Crippen LogP contribution in [0.15, 0.2) is 53.6 Å². The molecule has 0 heterocycles. The zero-order chi connectivity index (χ0) is 19.2. The number of rotatable bonds is 5. The number of nitrogens with zero attached hydrogens (tertiary/aromatic N) is 1. The van der Waals surface area contributed by atoms with Crippen molar-refractivity contribution in [2.75, 3.05) is 11.9 Å². The number of anilines is 1. The van der Waals surface area contributed by atoms with Crippen molar-refractivity contribution in [2.24, 2.45) is 5.10 Å². The van der Waals surface area contributed by atoms with E-state index in [2.05, 4.69) is 15.8 Å². The van der Waals surface area contributed by atoms with E-state index in [0.29, 0.717) is 17.9 Å². The molecule has 0 aromatic heterocycles. The Morgan fingerprint density at radius 1 is 1.15 bits per heavy atom. The van der Waals surface area contributed by atoms with Gasteiger partial charge in [-0.2, -0.15) is 18.3 Å². The molecule has 0 aliphatic heterocycles. The highest BCUT2D eigenvalue weighted by atomic mass is 32.1. The van der Waals surface area contributed by atoms with Crippen LogP contribution in [0.1, 0.15) is 25.0 Å². The van der Waals surface area contributed by atoms with Crippen molar-refractivity contribution < 1.29 is 17.9 Å². The molecule has 4 nitrogen and oxygen atoms in total. The van der Waals surface area contributed by atoms with Gasteiger partial charge in [0.05, 0.1) is 17.9 Å². The van der Waals surface area contributed by atoms with Crippen LogP contribution in [0.3, 0.4) is 0 Å². The molecule has 138 valence electrons. The Kier molecular flexibility index (Phi) is 6.57. The molecule has 0 saturated heterocycles. The molecule has 0 atom stereocenters. The van der Waals surface area contributed by atoms with Gasteiger partial charge in [-0.25, -0.2) is 0 Å². The second kappa shape index (κ2) is 8.66. The lowest BCUT2D eigenvalue weighted by atomic mass is 10.1. The fourth-order valence-corrected chi connectivity index (χ4v) is 2.24. The van der Waals surface area contributed by atoms with Crippen LogP contribution in [0, 0.1) is 0 Å². The average Bonchev–Trinajstić information content (AvgIpc) is 2.61. The molecule has 0 amide bonds. The standard InChI is InChI=1S/C18H18F3N3OS/c1-3-25-16-9-7-15(8-10-16)22-17(26)24-23-12(2)13-5-4-6-14(11-13)18(19,20)21/h4-11H,3H2,1-2H3,(H2,22,24,26)/b23-12+. The number of benzene rings is 2. The molecular formula is C18H18F3N3OS. The first-order chi connectivity index (χ1) is 12.3. The van der Waals surface area contributed by atoms with Gasteiger partial charge in [0.2, 0.25) is 0 Å². The lowest BCUT2D eigenvalue weighted by molar-refractivity contribution is -0.137. The summed E-state index contributed by atoms with van der Waals surface area (Å²) in [5.41, 5.74) is 3.37. The number of nitrogens with one attached hydrogen (secondary N) is 2. The lowest BCUT2D eigenvalue weighted by Crippen LogP contribution is -2.25. The Bertz CT molecular complexity index is 789. The van der Waals surface area contributed by atoms with Crippen molar-refractivity contribution in [3.63, 3.8) is 0 Å². The number of ether oxygens (including phenoxy) is 1. The molecule has 8 heteroatoms. The number of hydrogen-bond donors (Lipinski definition) is 2. The second-order valence-electron chi connectivity index (χ2n) is 5.30. The molecular weight excluding hydrogens is 363 g/mol. The van der Waals surface area contributed by atoms with Crippen LogP contribution in [0.4, 0.5) is 18.9 Å². The van der Waals surface area contributed by atoms with Crippen LogP contribution in [0.5, 0.6) is 5.75 Å². The van der Waals surface area contributed by atoms with Gasteiger partial charge in [-0.1, -0.05) is 12.1 Å². The first-order valence-electron chi connectivity index (χ1n) is 7.81. The predicted molar refractivity (Wildman–Crippen MR) is 101 cm³/mol. The predicted octanol–water partition coefficient (Wildman–Crippen LogP) is 4.81. The summed E-state index contributed by atoms with van der Waals surface area (Å²) in [4.78, 5) is 0. The molecule has 0 radical (unpaired) electrons. The Morgan fingerprint density at radius 3 is 2.46 bits per heavy atom. The first-order valence-corrected chi connectivity index (χ1v) is 8.22. The molecule has 0 saturated carbocycles. The topological polar surface area (TPSA) is 45.6 Å². The van der Waals surface area contributed by atoms with Gasteiger partial charge in [-0.3, -0.25) is 5.43 Å². The molecule has 0 aliphatic rings. The summed E-state index contributed by atoms with van der Waals surface area (Å²) < 4.78 is 43.7. The third-order valence-electron chi connectivity index (χ3n) is 3.36. The van der Waals surface area contributed by atoms with E-state index in [1.807, 2.05) is 6.92 Å². The maximum Gasteiger partial charge on any atom is 0.416 e. The molecule has 2 N–H and O–H groups in total. The summed E-state index contributed by atoms with van der Waals surface area (Å²) in [6.45, 7) is 4.08. The van der Waals surface area contributed by atoms with Gasteiger partial charge in [-0.05, 0) is 68.0 Å². The highest BCUT2D eigenvalue weighted by molar-refractivity contribution is 7.80. The quantitative estimate of drug-likeness (QED) is 0.443. The molecule has 0 unspecified atom stereocenters. The summed E-state index contributed by atoms with van der Waals surface area (Å²) in [7, 11) is 0. The van der Waals surface area contributed by atoms with E-state index in [1.54, 1.807) is 37.3 Å². The minimum atomic E-state index is -4.39. The van der Waals surface area contributed by atoms with Crippen molar-refractivity contribution >= 4 is 28.7 Å². The largest absolute Gasteiger partial charge is 0.494 e. The average molecular weight is 381 g/mol. The van der Waals surface area contributed by atoms with E-state index in [-0.39, 0.29) is 5.11 Å². The number of thiocarbonyl (C=S) groups is 1.